The summed E-state index contributed by atoms with van der Waals surface area (Å²) in [5, 5.41) is 0. The highest BCUT2D eigenvalue weighted by atomic mass is 16.7. The third-order valence-corrected chi connectivity index (χ3v) is 3.33. The molecule has 1 saturated heterocycles. The zero-order valence-electron chi connectivity index (χ0n) is 11.9. The highest BCUT2D eigenvalue weighted by molar-refractivity contribution is 4.87. The predicted octanol–water partition coefficient (Wildman–Crippen LogP) is 3.99. The SMILES string of the molecule is CC(C)(C)CCCC1(C(C)(C)C)OCCO1. The summed E-state index contributed by atoms with van der Waals surface area (Å²) in [7, 11) is 0. The summed E-state index contributed by atoms with van der Waals surface area (Å²) in [6.07, 6.45) is 3.39. The second kappa shape index (κ2) is 4.66. The van der Waals surface area contributed by atoms with Crippen molar-refractivity contribution in [3.63, 3.8) is 0 Å². The molecule has 0 N–H and O–H groups in total. The Morgan fingerprint density at radius 2 is 1.44 bits per heavy atom. The normalized spacial score (nSPS) is 21.4. The van der Waals surface area contributed by atoms with Gasteiger partial charge in [0.2, 0.25) is 0 Å². The Morgan fingerprint density at radius 3 is 1.81 bits per heavy atom. The highest BCUT2D eigenvalue weighted by Gasteiger charge is 2.46. The molecule has 0 atom stereocenters. The van der Waals surface area contributed by atoms with E-state index in [1.54, 1.807) is 0 Å². The number of ether oxygens (including phenoxy) is 2. The Labute approximate surface area is 101 Å². The lowest BCUT2D eigenvalue weighted by Crippen LogP contribution is -2.44. The molecule has 0 aliphatic carbocycles. The van der Waals surface area contributed by atoms with Crippen molar-refractivity contribution in [1.82, 2.24) is 0 Å². The monoisotopic (exact) mass is 228 g/mol. The van der Waals surface area contributed by atoms with Crippen LogP contribution in [0, 0.1) is 10.8 Å². The third-order valence-electron chi connectivity index (χ3n) is 3.33. The molecule has 0 amide bonds. The predicted molar refractivity (Wildman–Crippen MR) is 67.4 cm³/mol. The second-order valence-corrected chi connectivity index (χ2v) is 7.11. The molecule has 0 aromatic rings. The summed E-state index contributed by atoms with van der Waals surface area (Å²) in [6.45, 7) is 15.0. The van der Waals surface area contributed by atoms with E-state index in [4.69, 9.17) is 9.47 Å². The number of hydrogen-bond acceptors (Lipinski definition) is 2. The average Bonchev–Trinajstić information content (AvgIpc) is 2.50. The topological polar surface area (TPSA) is 18.5 Å². The van der Waals surface area contributed by atoms with Gasteiger partial charge in [0.25, 0.3) is 0 Å². The molecule has 0 saturated carbocycles. The fourth-order valence-corrected chi connectivity index (χ4v) is 2.26. The van der Waals surface area contributed by atoms with E-state index in [-0.39, 0.29) is 11.2 Å². The van der Waals surface area contributed by atoms with E-state index >= 15 is 0 Å². The van der Waals surface area contributed by atoms with E-state index in [9.17, 15) is 0 Å². The van der Waals surface area contributed by atoms with Gasteiger partial charge in [-0.3, -0.25) is 0 Å². The fraction of sp³-hybridized carbons (Fsp3) is 1.00. The molecular formula is C14H28O2. The maximum Gasteiger partial charge on any atom is 0.173 e. The summed E-state index contributed by atoms with van der Waals surface area (Å²) in [5.74, 6) is -0.349. The minimum absolute atomic E-state index is 0.0569. The number of rotatable bonds is 3. The second-order valence-electron chi connectivity index (χ2n) is 7.11. The summed E-state index contributed by atoms with van der Waals surface area (Å²) in [4.78, 5) is 0. The van der Waals surface area contributed by atoms with Gasteiger partial charge in [0.1, 0.15) is 0 Å². The van der Waals surface area contributed by atoms with E-state index in [1.807, 2.05) is 0 Å². The van der Waals surface area contributed by atoms with Gasteiger partial charge in [0.05, 0.1) is 13.2 Å². The van der Waals surface area contributed by atoms with E-state index in [0.717, 1.165) is 19.6 Å². The first-order chi connectivity index (χ1) is 7.16. The van der Waals surface area contributed by atoms with E-state index in [0.29, 0.717) is 5.41 Å². The minimum Gasteiger partial charge on any atom is -0.347 e. The van der Waals surface area contributed by atoms with Crippen LogP contribution in [0.4, 0.5) is 0 Å². The van der Waals surface area contributed by atoms with Crippen LogP contribution in [0.2, 0.25) is 0 Å². The molecular weight excluding hydrogens is 200 g/mol. The smallest absolute Gasteiger partial charge is 0.173 e. The van der Waals surface area contributed by atoms with Gasteiger partial charge >= 0.3 is 0 Å². The van der Waals surface area contributed by atoms with Crippen LogP contribution < -0.4 is 0 Å². The molecule has 0 bridgehead atoms. The van der Waals surface area contributed by atoms with Crippen LogP contribution in [0.5, 0.6) is 0 Å². The molecule has 16 heavy (non-hydrogen) atoms. The first-order valence-electron chi connectivity index (χ1n) is 6.44. The zero-order valence-corrected chi connectivity index (χ0v) is 11.9. The van der Waals surface area contributed by atoms with Gasteiger partial charge in [0.15, 0.2) is 5.79 Å². The van der Waals surface area contributed by atoms with E-state index in [2.05, 4.69) is 41.5 Å². The Morgan fingerprint density at radius 1 is 0.938 bits per heavy atom. The van der Waals surface area contributed by atoms with Crippen LogP contribution in [0.25, 0.3) is 0 Å². The summed E-state index contributed by atoms with van der Waals surface area (Å²) in [6, 6.07) is 0. The molecule has 0 unspecified atom stereocenters. The van der Waals surface area contributed by atoms with Gasteiger partial charge in [-0.1, -0.05) is 41.5 Å². The molecule has 0 aromatic heterocycles. The van der Waals surface area contributed by atoms with Crippen molar-refractivity contribution < 1.29 is 9.47 Å². The zero-order chi connectivity index (χ0) is 12.4. The molecule has 1 fully saturated rings. The molecule has 1 heterocycles. The van der Waals surface area contributed by atoms with Crippen LogP contribution in [0.15, 0.2) is 0 Å². The lowest BCUT2D eigenvalue weighted by Gasteiger charge is -2.40. The molecule has 1 rings (SSSR count). The molecule has 1 aliphatic rings. The lowest BCUT2D eigenvalue weighted by atomic mass is 9.80. The van der Waals surface area contributed by atoms with Crippen LogP contribution >= 0.6 is 0 Å². The maximum atomic E-state index is 5.90. The Bertz CT molecular complexity index is 214. The van der Waals surface area contributed by atoms with Gasteiger partial charge in [-0.15, -0.1) is 0 Å². The van der Waals surface area contributed by atoms with E-state index in [1.165, 1.54) is 12.8 Å². The average molecular weight is 228 g/mol. The number of hydrogen-bond donors (Lipinski definition) is 0. The van der Waals surface area contributed by atoms with Crippen molar-refractivity contribution in [1.29, 1.82) is 0 Å². The Hall–Kier alpha value is -0.0800. The van der Waals surface area contributed by atoms with Crippen LogP contribution in [-0.2, 0) is 9.47 Å². The quantitative estimate of drug-likeness (QED) is 0.727. The van der Waals surface area contributed by atoms with E-state index < -0.39 is 0 Å². The third kappa shape index (κ3) is 3.46. The first kappa shape index (κ1) is 14.0. The summed E-state index contributed by atoms with van der Waals surface area (Å²) in [5.41, 5.74) is 0.457. The van der Waals surface area contributed by atoms with Gasteiger partial charge < -0.3 is 9.47 Å². The minimum atomic E-state index is -0.349. The van der Waals surface area contributed by atoms with Crippen molar-refractivity contribution in [3.05, 3.63) is 0 Å². The first-order valence-corrected chi connectivity index (χ1v) is 6.44. The van der Waals surface area contributed by atoms with Crippen molar-refractivity contribution in [2.45, 2.75) is 66.6 Å². The molecule has 2 nitrogen and oxygen atoms in total. The lowest BCUT2D eigenvalue weighted by molar-refractivity contribution is -0.227. The van der Waals surface area contributed by atoms with Gasteiger partial charge in [-0.2, -0.15) is 0 Å². The summed E-state index contributed by atoms with van der Waals surface area (Å²) >= 11 is 0. The molecule has 96 valence electrons. The summed E-state index contributed by atoms with van der Waals surface area (Å²) < 4.78 is 11.8. The molecule has 2 heteroatoms. The van der Waals surface area contributed by atoms with Crippen LogP contribution in [-0.4, -0.2) is 19.0 Å². The Kier molecular flexibility index (Phi) is 4.07. The largest absolute Gasteiger partial charge is 0.347 e. The Balaban J connectivity index is 2.53. The maximum absolute atomic E-state index is 5.90. The molecule has 0 radical (unpaired) electrons. The molecule has 0 spiro atoms. The highest BCUT2D eigenvalue weighted by Crippen LogP contribution is 2.42. The van der Waals surface area contributed by atoms with Crippen LogP contribution in [0.3, 0.4) is 0 Å². The van der Waals surface area contributed by atoms with Crippen molar-refractivity contribution in [2.75, 3.05) is 13.2 Å². The van der Waals surface area contributed by atoms with Crippen molar-refractivity contribution in [3.8, 4) is 0 Å². The fourth-order valence-electron chi connectivity index (χ4n) is 2.26. The van der Waals surface area contributed by atoms with Crippen molar-refractivity contribution >= 4 is 0 Å². The van der Waals surface area contributed by atoms with Gasteiger partial charge in [-0.25, -0.2) is 0 Å². The van der Waals surface area contributed by atoms with Gasteiger partial charge in [-0.05, 0) is 18.3 Å². The van der Waals surface area contributed by atoms with Crippen molar-refractivity contribution in [2.24, 2.45) is 10.8 Å². The molecule has 0 aromatic carbocycles. The van der Waals surface area contributed by atoms with Gasteiger partial charge in [0, 0.05) is 11.8 Å². The van der Waals surface area contributed by atoms with Crippen LogP contribution in [0.1, 0.15) is 60.8 Å². The molecule has 1 aliphatic heterocycles. The standard InChI is InChI=1S/C14H28O2/c1-12(2,3)8-7-9-14(13(4,5)6)15-10-11-16-14/h7-11H2,1-6H3.